The number of rotatable bonds is 9. The average molecular weight is 364 g/mol. The molecule has 1 rings (SSSR count). The van der Waals surface area contributed by atoms with Gasteiger partial charge in [0.15, 0.2) is 0 Å². The second kappa shape index (κ2) is 20.3. The zero-order valence-corrected chi connectivity index (χ0v) is 15.4. The van der Waals surface area contributed by atoms with Crippen molar-refractivity contribution in [2.75, 3.05) is 32.7 Å². The highest BCUT2D eigenvalue weighted by Crippen LogP contribution is 2.05. The highest BCUT2D eigenvalue weighted by Gasteiger charge is 2.02. The Hall–Kier alpha value is 0.260. The Labute approximate surface area is 148 Å². The van der Waals surface area contributed by atoms with E-state index in [4.69, 9.17) is 5.73 Å². The maximum Gasteiger partial charge on any atom is 0.0963 e. The monoisotopic (exact) mass is 362 g/mol. The van der Waals surface area contributed by atoms with Crippen molar-refractivity contribution in [3.8, 4) is 0 Å². The van der Waals surface area contributed by atoms with Crippen LogP contribution >= 0.6 is 37.2 Å². The van der Waals surface area contributed by atoms with Crippen LogP contribution in [-0.4, -0.2) is 38.6 Å². The van der Waals surface area contributed by atoms with E-state index in [0.29, 0.717) is 0 Å². The van der Waals surface area contributed by atoms with Crippen molar-refractivity contribution in [1.82, 2.24) is 10.6 Å². The van der Waals surface area contributed by atoms with E-state index in [2.05, 4.69) is 15.6 Å². The number of nitrogens with one attached hydrogen (secondary N) is 2. The van der Waals surface area contributed by atoms with Gasteiger partial charge in [0.1, 0.15) is 0 Å². The number of nitrogens with zero attached hydrogens (tertiary/aromatic N) is 1. The Morgan fingerprint density at radius 2 is 1.62 bits per heavy atom. The molecule has 0 aliphatic carbocycles. The highest BCUT2D eigenvalue weighted by molar-refractivity contribution is 5.86. The maximum absolute atomic E-state index is 5.45. The first-order chi connectivity index (χ1) is 8.93. The molecule has 0 saturated heterocycles. The SMILES string of the molecule is Cl.Cl.Cl.NCCCCCNCCCNC1=NCCCCC1. The first kappa shape index (κ1) is 26.2. The Morgan fingerprint density at radius 3 is 2.38 bits per heavy atom. The molecule has 0 bridgehead atoms. The van der Waals surface area contributed by atoms with Gasteiger partial charge < -0.3 is 16.4 Å². The molecule has 0 aromatic rings. The maximum atomic E-state index is 5.45. The molecule has 4 nitrogen and oxygen atoms in total. The van der Waals surface area contributed by atoms with Crippen LogP contribution in [0.3, 0.4) is 0 Å². The summed E-state index contributed by atoms with van der Waals surface area (Å²) in [4.78, 5) is 4.56. The molecule has 0 fully saturated rings. The lowest BCUT2D eigenvalue weighted by molar-refractivity contribution is 0.588. The van der Waals surface area contributed by atoms with Crippen molar-refractivity contribution in [2.45, 2.75) is 51.4 Å². The summed E-state index contributed by atoms with van der Waals surface area (Å²) in [6.45, 7) is 5.12. The van der Waals surface area contributed by atoms with Crippen molar-refractivity contribution < 1.29 is 0 Å². The molecule has 0 unspecified atom stereocenters. The zero-order chi connectivity index (χ0) is 12.9. The number of nitrogens with two attached hydrogens (primary N) is 1. The van der Waals surface area contributed by atoms with Crippen molar-refractivity contribution in [3.05, 3.63) is 0 Å². The normalized spacial score (nSPS) is 13.9. The predicted molar refractivity (Wildman–Crippen MR) is 101 cm³/mol. The van der Waals surface area contributed by atoms with Crippen LogP contribution in [0.2, 0.25) is 0 Å². The third kappa shape index (κ3) is 16.5. The fraction of sp³-hybridized carbons (Fsp3) is 0.929. The van der Waals surface area contributed by atoms with E-state index >= 15 is 0 Å². The molecule has 0 aromatic heterocycles. The van der Waals surface area contributed by atoms with Gasteiger partial charge in [-0.25, -0.2) is 0 Å². The lowest BCUT2D eigenvalue weighted by Crippen LogP contribution is -2.27. The van der Waals surface area contributed by atoms with E-state index in [9.17, 15) is 0 Å². The van der Waals surface area contributed by atoms with E-state index < -0.39 is 0 Å². The number of aliphatic imine (C=N–C) groups is 1. The van der Waals surface area contributed by atoms with Crippen LogP contribution in [0.1, 0.15) is 51.4 Å². The molecule has 7 heteroatoms. The second-order valence-corrected chi connectivity index (χ2v) is 5.02. The molecule has 130 valence electrons. The summed E-state index contributed by atoms with van der Waals surface area (Å²) in [5.41, 5.74) is 5.45. The van der Waals surface area contributed by atoms with E-state index in [1.807, 2.05) is 0 Å². The smallest absolute Gasteiger partial charge is 0.0963 e. The number of hydrogen-bond donors (Lipinski definition) is 3. The van der Waals surface area contributed by atoms with Crippen molar-refractivity contribution in [3.63, 3.8) is 0 Å². The first-order valence-corrected chi connectivity index (χ1v) is 7.61. The van der Waals surface area contributed by atoms with Crippen molar-refractivity contribution >= 4 is 43.1 Å². The van der Waals surface area contributed by atoms with Crippen molar-refractivity contribution in [2.24, 2.45) is 10.7 Å². The van der Waals surface area contributed by atoms with Crippen LogP contribution in [0.25, 0.3) is 0 Å². The minimum atomic E-state index is 0. The molecule has 0 radical (unpaired) electrons. The number of amidine groups is 1. The van der Waals surface area contributed by atoms with Gasteiger partial charge in [0.25, 0.3) is 0 Å². The molecule has 0 amide bonds. The minimum Gasteiger partial charge on any atom is -0.374 e. The Balaban J connectivity index is -0.00000108. The largest absolute Gasteiger partial charge is 0.374 e. The first-order valence-electron chi connectivity index (χ1n) is 7.61. The van der Waals surface area contributed by atoms with E-state index in [0.717, 1.165) is 45.6 Å². The molecule has 21 heavy (non-hydrogen) atoms. The third-order valence-electron chi connectivity index (χ3n) is 3.29. The van der Waals surface area contributed by atoms with Gasteiger partial charge in [0.2, 0.25) is 0 Å². The summed E-state index contributed by atoms with van der Waals surface area (Å²) in [5.74, 6) is 1.23. The lowest BCUT2D eigenvalue weighted by atomic mass is 10.2. The van der Waals surface area contributed by atoms with Crippen LogP contribution < -0.4 is 16.4 Å². The van der Waals surface area contributed by atoms with Crippen LogP contribution in [0.4, 0.5) is 0 Å². The number of halogens is 3. The molecule has 0 saturated carbocycles. The van der Waals surface area contributed by atoms with Crippen LogP contribution in [-0.2, 0) is 0 Å². The highest BCUT2D eigenvalue weighted by atomic mass is 35.5. The summed E-state index contributed by atoms with van der Waals surface area (Å²) < 4.78 is 0. The van der Waals surface area contributed by atoms with Gasteiger partial charge in [-0.05, 0) is 51.7 Å². The molecule has 1 aliphatic rings. The summed E-state index contributed by atoms with van der Waals surface area (Å²) in [6.07, 6.45) is 9.86. The minimum absolute atomic E-state index is 0. The Morgan fingerprint density at radius 1 is 0.857 bits per heavy atom. The van der Waals surface area contributed by atoms with Crippen LogP contribution in [0, 0.1) is 0 Å². The summed E-state index contributed by atoms with van der Waals surface area (Å²) in [6, 6.07) is 0. The standard InChI is InChI=1S/C14H30N4.3ClH/c15-9-4-2-5-10-16-11-7-13-18-14-8-3-1-6-12-17-14;;;/h16H,1-13,15H2,(H,17,18);3*1H. The fourth-order valence-corrected chi connectivity index (χ4v) is 2.16. The van der Waals surface area contributed by atoms with Gasteiger partial charge in [0, 0.05) is 19.5 Å². The molecular weight excluding hydrogens is 331 g/mol. The average Bonchev–Trinajstić information content (AvgIpc) is 2.65. The molecule has 4 N–H and O–H groups in total. The van der Waals surface area contributed by atoms with Gasteiger partial charge >= 0.3 is 0 Å². The topological polar surface area (TPSA) is 62.4 Å². The Kier molecular flexibility index (Phi) is 25.2. The fourth-order valence-electron chi connectivity index (χ4n) is 2.16. The Bertz CT molecular complexity index is 228. The van der Waals surface area contributed by atoms with E-state index in [1.165, 1.54) is 44.4 Å². The predicted octanol–water partition coefficient (Wildman–Crippen LogP) is 2.92. The van der Waals surface area contributed by atoms with Gasteiger partial charge in [-0.3, -0.25) is 4.99 Å². The van der Waals surface area contributed by atoms with Gasteiger partial charge in [-0.15, -0.1) is 37.2 Å². The van der Waals surface area contributed by atoms with E-state index in [-0.39, 0.29) is 37.2 Å². The third-order valence-corrected chi connectivity index (χ3v) is 3.29. The summed E-state index contributed by atoms with van der Waals surface area (Å²) in [5, 5.41) is 6.94. The summed E-state index contributed by atoms with van der Waals surface area (Å²) in [7, 11) is 0. The molecular formula is C14H33Cl3N4. The summed E-state index contributed by atoms with van der Waals surface area (Å²) >= 11 is 0. The molecule has 1 aliphatic heterocycles. The zero-order valence-electron chi connectivity index (χ0n) is 12.9. The van der Waals surface area contributed by atoms with Crippen molar-refractivity contribution in [1.29, 1.82) is 0 Å². The molecule has 0 spiro atoms. The lowest BCUT2D eigenvalue weighted by Gasteiger charge is -2.08. The van der Waals surface area contributed by atoms with Crippen LogP contribution in [0.15, 0.2) is 4.99 Å². The second-order valence-electron chi connectivity index (χ2n) is 5.02. The molecule has 0 aromatic carbocycles. The van der Waals surface area contributed by atoms with Crippen LogP contribution in [0.5, 0.6) is 0 Å². The van der Waals surface area contributed by atoms with Gasteiger partial charge in [-0.1, -0.05) is 12.8 Å². The van der Waals surface area contributed by atoms with E-state index in [1.54, 1.807) is 0 Å². The number of hydrogen-bond acceptors (Lipinski definition) is 4. The van der Waals surface area contributed by atoms with Gasteiger partial charge in [0.05, 0.1) is 5.84 Å². The number of unbranched alkanes of at least 4 members (excludes halogenated alkanes) is 2. The molecule has 1 heterocycles. The molecule has 0 atom stereocenters. The quantitative estimate of drug-likeness (QED) is 0.552. The van der Waals surface area contributed by atoms with Gasteiger partial charge in [-0.2, -0.15) is 0 Å².